The first-order valence-corrected chi connectivity index (χ1v) is 13.7. The van der Waals surface area contributed by atoms with Gasteiger partial charge in [-0.25, -0.2) is 9.97 Å². The summed E-state index contributed by atoms with van der Waals surface area (Å²) < 4.78 is 37.6. The second kappa shape index (κ2) is 10.6. The molecule has 1 aliphatic rings. The van der Waals surface area contributed by atoms with Crippen LogP contribution in [0.5, 0.6) is 0 Å². The van der Waals surface area contributed by atoms with E-state index in [1.54, 1.807) is 45.5 Å². The SMILES string of the molecule is CC1CC1(Cn1cnc2cnc(N)nc21)OCP(=O)(OCCC(C)(C)C(=O)O)OCOC(=O)C(C)(C)C. The second-order valence-corrected chi connectivity index (χ2v) is 13.1. The number of rotatable bonds is 13. The van der Waals surface area contributed by atoms with E-state index in [9.17, 15) is 19.3 Å². The molecule has 37 heavy (non-hydrogen) atoms. The Kier molecular flexibility index (Phi) is 8.33. The number of carbonyl (C=O) groups is 2. The Morgan fingerprint density at radius 3 is 2.51 bits per heavy atom. The van der Waals surface area contributed by atoms with Crippen molar-refractivity contribution in [3.63, 3.8) is 0 Å². The van der Waals surface area contributed by atoms with Crippen LogP contribution in [0, 0.1) is 16.7 Å². The van der Waals surface area contributed by atoms with Crippen LogP contribution >= 0.6 is 7.60 Å². The number of anilines is 1. The Hall–Kier alpha value is -2.60. The first-order valence-electron chi connectivity index (χ1n) is 11.9. The van der Waals surface area contributed by atoms with Crippen molar-refractivity contribution < 1.29 is 37.8 Å². The molecular formula is C23H36N5O8P. The van der Waals surface area contributed by atoms with Crippen molar-refractivity contribution in [1.29, 1.82) is 0 Å². The van der Waals surface area contributed by atoms with Crippen LogP contribution in [0.15, 0.2) is 12.5 Å². The lowest BCUT2D eigenvalue weighted by atomic mass is 9.90. The second-order valence-electron chi connectivity index (χ2n) is 11.1. The number of carboxylic acids is 1. The van der Waals surface area contributed by atoms with E-state index in [-0.39, 0.29) is 24.9 Å². The van der Waals surface area contributed by atoms with Gasteiger partial charge in [0.05, 0.1) is 42.1 Å². The Balaban J connectivity index is 1.70. The Bertz CT molecular complexity index is 1190. The molecule has 14 heteroatoms. The molecule has 13 nitrogen and oxygen atoms in total. The maximum Gasteiger partial charge on any atom is 0.359 e. The summed E-state index contributed by atoms with van der Waals surface area (Å²) in [5.41, 5.74) is 4.31. The van der Waals surface area contributed by atoms with Crippen LogP contribution in [0.4, 0.5) is 5.95 Å². The van der Waals surface area contributed by atoms with E-state index < -0.39 is 49.1 Å². The highest BCUT2D eigenvalue weighted by molar-refractivity contribution is 7.53. The molecule has 3 unspecified atom stereocenters. The van der Waals surface area contributed by atoms with Crippen LogP contribution in [-0.4, -0.2) is 61.9 Å². The largest absolute Gasteiger partial charge is 0.481 e. The number of fused-ring (bicyclic) bond motifs is 1. The number of carboxylic acid groups (broad SMARTS) is 1. The number of nitrogen functional groups attached to an aromatic ring is 1. The monoisotopic (exact) mass is 541 g/mol. The van der Waals surface area contributed by atoms with Gasteiger partial charge in [0.2, 0.25) is 12.7 Å². The molecule has 1 saturated carbocycles. The smallest absolute Gasteiger partial charge is 0.359 e. The van der Waals surface area contributed by atoms with Gasteiger partial charge in [0.15, 0.2) is 5.65 Å². The van der Waals surface area contributed by atoms with Crippen molar-refractivity contribution in [3.8, 4) is 0 Å². The fourth-order valence-corrected chi connectivity index (χ4v) is 4.66. The van der Waals surface area contributed by atoms with Crippen molar-refractivity contribution in [1.82, 2.24) is 19.5 Å². The van der Waals surface area contributed by atoms with Crippen molar-refractivity contribution in [2.24, 2.45) is 16.7 Å². The number of nitrogens with zero attached hydrogens (tertiary/aromatic N) is 4. The number of ether oxygens (including phenoxy) is 2. The highest BCUT2D eigenvalue weighted by Crippen LogP contribution is 2.55. The Labute approximate surface area is 215 Å². The average molecular weight is 542 g/mol. The van der Waals surface area contributed by atoms with Gasteiger partial charge in [0, 0.05) is 0 Å². The average Bonchev–Trinajstić information content (AvgIpc) is 3.26. The molecule has 0 bridgehead atoms. The Morgan fingerprint density at radius 2 is 1.92 bits per heavy atom. The van der Waals surface area contributed by atoms with Crippen molar-refractivity contribution in [3.05, 3.63) is 12.5 Å². The van der Waals surface area contributed by atoms with Gasteiger partial charge >= 0.3 is 19.5 Å². The third-order valence-electron chi connectivity index (χ3n) is 6.36. The highest BCUT2D eigenvalue weighted by atomic mass is 31.2. The normalized spacial score (nSPS) is 21.5. The molecule has 1 aliphatic carbocycles. The molecule has 3 atom stereocenters. The molecular weight excluding hydrogens is 505 g/mol. The maximum atomic E-state index is 13.6. The van der Waals surface area contributed by atoms with E-state index >= 15 is 0 Å². The molecule has 2 heterocycles. The third kappa shape index (κ3) is 7.25. The van der Waals surface area contributed by atoms with Crippen LogP contribution in [0.25, 0.3) is 11.2 Å². The van der Waals surface area contributed by atoms with Crippen molar-refractivity contribution in [2.45, 2.75) is 66.5 Å². The summed E-state index contributed by atoms with van der Waals surface area (Å²) in [6.45, 7) is 9.73. The van der Waals surface area contributed by atoms with Crippen LogP contribution in [-0.2, 0) is 39.2 Å². The van der Waals surface area contributed by atoms with Gasteiger partial charge in [-0.1, -0.05) is 6.92 Å². The lowest BCUT2D eigenvalue weighted by Gasteiger charge is -2.25. The predicted octanol–water partition coefficient (Wildman–Crippen LogP) is 3.44. The van der Waals surface area contributed by atoms with Crippen LogP contribution in [0.3, 0.4) is 0 Å². The molecule has 2 aromatic heterocycles. The van der Waals surface area contributed by atoms with Gasteiger partial charge in [0.1, 0.15) is 11.9 Å². The van der Waals surface area contributed by atoms with Gasteiger partial charge in [-0.3, -0.25) is 18.7 Å². The topological polar surface area (TPSA) is 178 Å². The number of hydrogen-bond acceptors (Lipinski definition) is 11. The predicted molar refractivity (Wildman–Crippen MR) is 133 cm³/mol. The summed E-state index contributed by atoms with van der Waals surface area (Å²) in [5.74, 6) is -1.30. The van der Waals surface area contributed by atoms with E-state index in [0.29, 0.717) is 24.1 Å². The quantitative estimate of drug-likeness (QED) is 0.215. The first kappa shape index (κ1) is 29.0. The fourth-order valence-electron chi connectivity index (χ4n) is 3.44. The molecule has 0 aliphatic heterocycles. The zero-order chi connectivity index (χ0) is 27.6. The van der Waals surface area contributed by atoms with Crippen molar-refractivity contribution in [2.75, 3.05) is 25.5 Å². The highest BCUT2D eigenvalue weighted by Gasteiger charge is 2.54. The molecule has 1 fully saturated rings. The van der Waals surface area contributed by atoms with Gasteiger partial charge < -0.3 is 29.4 Å². The standard InChI is InChI=1S/C23H36N5O8P/c1-15-9-23(15,11-28-12-26-16-10-25-20(24)27-17(16)28)34-14-37(32,35-8-7-22(5,6)18(29)30)36-13-33-19(31)21(2,3)4/h10,12,15H,7-9,11,13-14H2,1-6H3,(H,29,30)(H2,24,25,27). The molecule has 3 rings (SSSR count). The zero-order valence-corrected chi connectivity index (χ0v) is 23.0. The summed E-state index contributed by atoms with van der Waals surface area (Å²) in [6, 6.07) is 0. The molecule has 0 saturated heterocycles. The molecule has 0 aromatic carbocycles. The summed E-state index contributed by atoms with van der Waals surface area (Å²) >= 11 is 0. The van der Waals surface area contributed by atoms with Gasteiger partial charge in [-0.2, -0.15) is 4.98 Å². The summed E-state index contributed by atoms with van der Waals surface area (Å²) in [6.07, 6.45) is 3.49. The Morgan fingerprint density at radius 1 is 1.24 bits per heavy atom. The summed E-state index contributed by atoms with van der Waals surface area (Å²) in [4.78, 5) is 36.0. The maximum absolute atomic E-state index is 13.6. The lowest BCUT2D eigenvalue weighted by molar-refractivity contribution is -0.160. The number of esters is 1. The summed E-state index contributed by atoms with van der Waals surface area (Å²) in [7, 11) is -3.94. The van der Waals surface area contributed by atoms with Crippen LogP contribution in [0.2, 0.25) is 0 Å². The number of carbonyl (C=O) groups excluding carboxylic acids is 1. The lowest BCUT2D eigenvalue weighted by Crippen LogP contribution is -2.27. The zero-order valence-electron chi connectivity index (χ0n) is 22.1. The number of aliphatic carboxylic acids is 1. The molecule has 2 aromatic rings. The minimum atomic E-state index is -3.94. The van der Waals surface area contributed by atoms with E-state index in [1.165, 1.54) is 6.20 Å². The first-order chi connectivity index (χ1) is 17.1. The number of imidazole rings is 1. The molecule has 3 N–H and O–H groups in total. The van der Waals surface area contributed by atoms with Gasteiger partial charge in [-0.15, -0.1) is 0 Å². The van der Waals surface area contributed by atoms with Crippen molar-refractivity contribution >= 4 is 36.6 Å². The number of hydrogen-bond donors (Lipinski definition) is 2. The molecule has 0 spiro atoms. The van der Waals surface area contributed by atoms with Gasteiger partial charge in [-0.05, 0) is 53.4 Å². The van der Waals surface area contributed by atoms with Crippen LogP contribution in [0.1, 0.15) is 54.4 Å². The third-order valence-corrected chi connectivity index (χ3v) is 7.88. The van der Waals surface area contributed by atoms with E-state index in [4.69, 9.17) is 24.3 Å². The summed E-state index contributed by atoms with van der Waals surface area (Å²) in [5, 5.41) is 9.35. The van der Waals surface area contributed by atoms with Crippen LogP contribution < -0.4 is 5.73 Å². The van der Waals surface area contributed by atoms with E-state index in [2.05, 4.69) is 15.0 Å². The van der Waals surface area contributed by atoms with E-state index in [1.807, 2.05) is 6.92 Å². The minimum absolute atomic E-state index is 0.0845. The fraction of sp³-hybridized carbons (Fsp3) is 0.696. The molecule has 206 valence electrons. The van der Waals surface area contributed by atoms with E-state index in [0.717, 1.165) is 0 Å². The molecule has 0 amide bonds. The molecule has 0 radical (unpaired) electrons. The minimum Gasteiger partial charge on any atom is -0.481 e. The number of aromatic nitrogens is 4. The van der Waals surface area contributed by atoms with Gasteiger partial charge in [0.25, 0.3) is 0 Å². The number of nitrogens with two attached hydrogens (primary N) is 1.